The van der Waals surface area contributed by atoms with E-state index in [9.17, 15) is 4.39 Å². The molecule has 2 aromatic rings. The second-order valence-electron chi connectivity index (χ2n) is 6.87. The van der Waals surface area contributed by atoms with Gasteiger partial charge < -0.3 is 24.4 Å². The van der Waals surface area contributed by atoms with E-state index < -0.39 is 0 Å². The van der Waals surface area contributed by atoms with Crippen molar-refractivity contribution < 1.29 is 9.13 Å². The number of ether oxygens (including phenoxy) is 1. The van der Waals surface area contributed by atoms with Crippen LogP contribution in [0.4, 0.5) is 10.1 Å². The fourth-order valence-electron chi connectivity index (χ4n) is 3.37. The molecule has 1 aromatic heterocycles. The van der Waals surface area contributed by atoms with Crippen LogP contribution in [0, 0.1) is 5.82 Å². The highest BCUT2D eigenvalue weighted by Crippen LogP contribution is 2.17. The summed E-state index contributed by atoms with van der Waals surface area (Å²) >= 11 is 0. The number of halogens is 2. The zero-order valence-electron chi connectivity index (χ0n) is 17.6. The lowest BCUT2D eigenvalue weighted by molar-refractivity contribution is 0.207. The first-order valence-corrected chi connectivity index (χ1v) is 10.1. The van der Waals surface area contributed by atoms with Crippen LogP contribution >= 0.6 is 24.0 Å². The number of nitrogens with one attached hydrogen (secondary N) is 1. The van der Waals surface area contributed by atoms with Gasteiger partial charge in [0, 0.05) is 58.5 Å². The number of hydrogen-bond acceptors (Lipinski definition) is 5. The molecule has 0 radical (unpaired) electrons. The highest BCUT2D eigenvalue weighted by Gasteiger charge is 2.20. The van der Waals surface area contributed by atoms with Crippen molar-refractivity contribution in [3.05, 3.63) is 42.2 Å². The van der Waals surface area contributed by atoms with Crippen molar-refractivity contribution in [3.63, 3.8) is 0 Å². The Morgan fingerprint density at radius 3 is 2.60 bits per heavy atom. The van der Waals surface area contributed by atoms with Crippen molar-refractivity contribution in [3.8, 4) is 0 Å². The Hall–Kier alpha value is -1.95. The van der Waals surface area contributed by atoms with Crippen LogP contribution in [0.15, 0.2) is 35.6 Å². The SMILES string of the molecule is CCc1nncn1CCNC(=NCCOC)N1CCN(c2ccc(F)cc2)CC1.I. The predicted octanol–water partition coefficient (Wildman–Crippen LogP) is 2.01. The van der Waals surface area contributed by atoms with E-state index in [2.05, 4.69) is 36.8 Å². The molecule has 1 aliphatic rings. The van der Waals surface area contributed by atoms with Gasteiger partial charge in [0.15, 0.2) is 5.96 Å². The average Bonchev–Trinajstić information content (AvgIpc) is 3.21. The van der Waals surface area contributed by atoms with Gasteiger partial charge in [-0.1, -0.05) is 6.92 Å². The van der Waals surface area contributed by atoms with Gasteiger partial charge in [0.05, 0.1) is 13.2 Å². The summed E-state index contributed by atoms with van der Waals surface area (Å²) in [5, 5.41) is 11.6. The monoisotopic (exact) mass is 531 g/mol. The lowest BCUT2D eigenvalue weighted by atomic mass is 10.2. The maximum Gasteiger partial charge on any atom is 0.194 e. The van der Waals surface area contributed by atoms with Crippen molar-refractivity contribution in [2.75, 3.05) is 57.9 Å². The van der Waals surface area contributed by atoms with E-state index in [4.69, 9.17) is 9.73 Å². The smallest absolute Gasteiger partial charge is 0.194 e. The lowest BCUT2D eigenvalue weighted by Crippen LogP contribution is -2.53. The van der Waals surface area contributed by atoms with Gasteiger partial charge in [-0.2, -0.15) is 0 Å². The number of piperazine rings is 1. The molecule has 0 atom stereocenters. The second-order valence-corrected chi connectivity index (χ2v) is 6.87. The molecule has 0 saturated carbocycles. The number of hydrogen-bond donors (Lipinski definition) is 1. The van der Waals surface area contributed by atoms with Crippen LogP contribution in [0.3, 0.4) is 0 Å². The number of aryl methyl sites for hydroxylation is 1. The third-order valence-electron chi connectivity index (χ3n) is 4.98. The molecule has 0 bridgehead atoms. The highest BCUT2D eigenvalue weighted by molar-refractivity contribution is 14.0. The topological polar surface area (TPSA) is 70.8 Å². The van der Waals surface area contributed by atoms with Crippen LogP contribution in [0.1, 0.15) is 12.7 Å². The summed E-state index contributed by atoms with van der Waals surface area (Å²) in [7, 11) is 1.68. The zero-order valence-corrected chi connectivity index (χ0v) is 20.0. The summed E-state index contributed by atoms with van der Waals surface area (Å²) in [6, 6.07) is 6.69. The van der Waals surface area contributed by atoms with Crippen LogP contribution in [0.5, 0.6) is 0 Å². The predicted molar refractivity (Wildman–Crippen MR) is 127 cm³/mol. The Labute approximate surface area is 194 Å². The van der Waals surface area contributed by atoms with E-state index in [1.807, 2.05) is 12.1 Å². The second kappa shape index (κ2) is 12.7. The van der Waals surface area contributed by atoms with Crippen molar-refractivity contribution in [2.24, 2.45) is 4.99 Å². The molecular formula is C20H31FIN7O. The maximum atomic E-state index is 13.2. The molecule has 0 spiro atoms. The molecule has 2 heterocycles. The van der Waals surface area contributed by atoms with E-state index >= 15 is 0 Å². The first kappa shape index (κ1) is 24.3. The number of rotatable bonds is 8. The molecule has 166 valence electrons. The Morgan fingerprint density at radius 1 is 1.20 bits per heavy atom. The number of anilines is 1. The van der Waals surface area contributed by atoms with Gasteiger partial charge in [0.1, 0.15) is 18.0 Å². The van der Waals surface area contributed by atoms with Crippen LogP contribution in [-0.2, 0) is 17.7 Å². The molecule has 1 aromatic carbocycles. The average molecular weight is 531 g/mol. The van der Waals surface area contributed by atoms with E-state index in [0.717, 1.165) is 63.2 Å². The first-order valence-electron chi connectivity index (χ1n) is 10.1. The minimum Gasteiger partial charge on any atom is -0.383 e. The Bertz CT molecular complexity index is 776. The highest BCUT2D eigenvalue weighted by atomic mass is 127. The minimum absolute atomic E-state index is 0. The molecule has 1 N–H and O–H groups in total. The minimum atomic E-state index is -0.205. The molecule has 8 nitrogen and oxygen atoms in total. The summed E-state index contributed by atoms with van der Waals surface area (Å²) in [6.07, 6.45) is 2.63. The van der Waals surface area contributed by atoms with Crippen molar-refractivity contribution >= 4 is 35.6 Å². The summed E-state index contributed by atoms with van der Waals surface area (Å²) in [5.41, 5.74) is 1.05. The van der Waals surface area contributed by atoms with Gasteiger partial charge in [0.2, 0.25) is 0 Å². The molecule has 0 aliphatic carbocycles. The normalized spacial score (nSPS) is 14.6. The van der Waals surface area contributed by atoms with E-state index in [1.54, 1.807) is 13.4 Å². The number of nitrogens with zero attached hydrogens (tertiary/aromatic N) is 6. The molecule has 1 aliphatic heterocycles. The Morgan fingerprint density at radius 2 is 1.93 bits per heavy atom. The fraction of sp³-hybridized carbons (Fsp3) is 0.550. The van der Waals surface area contributed by atoms with E-state index in [0.29, 0.717) is 13.2 Å². The summed E-state index contributed by atoms with van der Waals surface area (Å²) in [4.78, 5) is 9.24. The lowest BCUT2D eigenvalue weighted by Gasteiger charge is -2.37. The number of aliphatic imine (C=N–C) groups is 1. The molecule has 3 rings (SSSR count). The van der Waals surface area contributed by atoms with Crippen molar-refractivity contribution in [1.82, 2.24) is 25.0 Å². The van der Waals surface area contributed by atoms with Crippen LogP contribution in [0.2, 0.25) is 0 Å². The fourth-order valence-corrected chi connectivity index (χ4v) is 3.37. The van der Waals surface area contributed by atoms with Gasteiger partial charge >= 0.3 is 0 Å². The van der Waals surface area contributed by atoms with Gasteiger partial charge in [-0.3, -0.25) is 4.99 Å². The molecule has 1 fully saturated rings. The van der Waals surface area contributed by atoms with Gasteiger partial charge in [-0.15, -0.1) is 34.2 Å². The third-order valence-corrected chi connectivity index (χ3v) is 4.98. The third kappa shape index (κ3) is 6.79. The molecule has 0 amide bonds. The molecule has 0 unspecified atom stereocenters. The van der Waals surface area contributed by atoms with Crippen molar-refractivity contribution in [1.29, 1.82) is 0 Å². The standard InChI is InChI=1S/C20H30FN7O.HI/c1-3-19-25-24-16-28(19)10-8-22-20(23-9-15-29-2)27-13-11-26(12-14-27)18-6-4-17(21)5-7-18;/h4-7,16H,3,8-15H2,1-2H3,(H,22,23);1H. The first-order chi connectivity index (χ1) is 14.2. The quantitative estimate of drug-likeness (QED) is 0.243. The number of benzene rings is 1. The van der Waals surface area contributed by atoms with Crippen LogP contribution in [-0.4, -0.2) is 78.6 Å². The number of methoxy groups -OCH3 is 1. The number of aromatic nitrogens is 3. The van der Waals surface area contributed by atoms with Gasteiger partial charge in [-0.05, 0) is 24.3 Å². The van der Waals surface area contributed by atoms with Crippen molar-refractivity contribution in [2.45, 2.75) is 19.9 Å². The Balaban J connectivity index is 0.00000320. The molecule has 1 saturated heterocycles. The van der Waals surface area contributed by atoms with Gasteiger partial charge in [-0.25, -0.2) is 4.39 Å². The zero-order chi connectivity index (χ0) is 20.5. The van der Waals surface area contributed by atoms with Crippen LogP contribution in [0.25, 0.3) is 0 Å². The van der Waals surface area contributed by atoms with Crippen LogP contribution < -0.4 is 10.2 Å². The largest absolute Gasteiger partial charge is 0.383 e. The molecular weight excluding hydrogens is 500 g/mol. The maximum absolute atomic E-state index is 13.2. The van der Waals surface area contributed by atoms with Gasteiger partial charge in [0.25, 0.3) is 0 Å². The van der Waals surface area contributed by atoms with E-state index in [1.165, 1.54) is 12.1 Å². The summed E-state index contributed by atoms with van der Waals surface area (Å²) in [6.45, 7) is 8.24. The molecule has 10 heteroatoms. The summed E-state index contributed by atoms with van der Waals surface area (Å²) in [5.74, 6) is 1.67. The summed E-state index contributed by atoms with van der Waals surface area (Å²) < 4.78 is 20.4. The Kier molecular flexibility index (Phi) is 10.3. The number of guanidine groups is 1. The van der Waals surface area contributed by atoms with E-state index in [-0.39, 0.29) is 29.8 Å². The molecule has 30 heavy (non-hydrogen) atoms.